The van der Waals surface area contributed by atoms with Crippen molar-refractivity contribution in [1.29, 1.82) is 0 Å². The van der Waals surface area contributed by atoms with E-state index in [9.17, 15) is 9.59 Å². The lowest BCUT2D eigenvalue weighted by atomic mass is 9.96. The molecule has 0 bridgehead atoms. The van der Waals surface area contributed by atoms with Gasteiger partial charge in [-0.25, -0.2) is 4.98 Å². The molecule has 1 amide bonds. The smallest absolute Gasteiger partial charge is 0.303 e. The standard InChI is InChI=1S/C10H12N2O3S/c1-5-11-4-7(16-5)10-6(3-9(14)15)2-8(13)12-10/h4,6,10H,2-3H2,1H3,(H,12,13)(H,14,15)/t6-,10+/m1/s1. The van der Waals surface area contributed by atoms with E-state index in [1.54, 1.807) is 6.20 Å². The van der Waals surface area contributed by atoms with E-state index in [2.05, 4.69) is 10.3 Å². The second kappa shape index (κ2) is 4.21. The van der Waals surface area contributed by atoms with Crippen LogP contribution in [0.2, 0.25) is 0 Å². The van der Waals surface area contributed by atoms with Crippen molar-refractivity contribution in [3.05, 3.63) is 16.1 Å². The number of rotatable bonds is 3. The fourth-order valence-electron chi connectivity index (χ4n) is 1.95. The first-order valence-corrected chi connectivity index (χ1v) is 5.81. The van der Waals surface area contributed by atoms with Crippen LogP contribution in [0, 0.1) is 12.8 Å². The first-order valence-electron chi connectivity index (χ1n) is 4.99. The lowest BCUT2D eigenvalue weighted by Gasteiger charge is -2.14. The topological polar surface area (TPSA) is 79.3 Å². The van der Waals surface area contributed by atoms with Crippen molar-refractivity contribution in [3.63, 3.8) is 0 Å². The third-order valence-electron chi connectivity index (χ3n) is 2.62. The molecule has 1 aromatic heterocycles. The van der Waals surface area contributed by atoms with Gasteiger partial charge in [0.05, 0.1) is 17.5 Å². The summed E-state index contributed by atoms with van der Waals surface area (Å²) in [7, 11) is 0. The van der Waals surface area contributed by atoms with Crippen molar-refractivity contribution < 1.29 is 14.7 Å². The monoisotopic (exact) mass is 240 g/mol. The Morgan fingerprint density at radius 2 is 2.50 bits per heavy atom. The van der Waals surface area contributed by atoms with E-state index in [0.717, 1.165) is 9.88 Å². The fraction of sp³-hybridized carbons (Fsp3) is 0.500. The van der Waals surface area contributed by atoms with Crippen molar-refractivity contribution in [1.82, 2.24) is 10.3 Å². The molecule has 16 heavy (non-hydrogen) atoms. The number of hydrogen-bond donors (Lipinski definition) is 2. The Morgan fingerprint density at radius 1 is 1.75 bits per heavy atom. The van der Waals surface area contributed by atoms with Crippen LogP contribution < -0.4 is 5.32 Å². The van der Waals surface area contributed by atoms with Crippen LogP contribution in [0.4, 0.5) is 0 Å². The zero-order chi connectivity index (χ0) is 11.7. The number of nitrogens with one attached hydrogen (secondary N) is 1. The lowest BCUT2D eigenvalue weighted by molar-refractivity contribution is -0.138. The fourth-order valence-corrected chi connectivity index (χ4v) is 2.88. The molecule has 2 rings (SSSR count). The molecule has 2 atom stereocenters. The average molecular weight is 240 g/mol. The molecule has 0 radical (unpaired) electrons. The van der Waals surface area contributed by atoms with Gasteiger partial charge in [-0.3, -0.25) is 9.59 Å². The van der Waals surface area contributed by atoms with Crippen molar-refractivity contribution >= 4 is 23.2 Å². The number of hydrogen-bond acceptors (Lipinski definition) is 4. The van der Waals surface area contributed by atoms with Gasteiger partial charge in [-0.15, -0.1) is 11.3 Å². The van der Waals surface area contributed by atoms with Gasteiger partial charge in [0.15, 0.2) is 0 Å². The second-order valence-corrected chi connectivity index (χ2v) is 5.16. The summed E-state index contributed by atoms with van der Waals surface area (Å²) in [6, 6.07) is -0.185. The molecular weight excluding hydrogens is 228 g/mol. The van der Waals surface area contributed by atoms with Crippen LogP contribution in [0.25, 0.3) is 0 Å². The van der Waals surface area contributed by atoms with E-state index < -0.39 is 5.97 Å². The Morgan fingerprint density at radius 3 is 3.06 bits per heavy atom. The van der Waals surface area contributed by atoms with Crippen LogP contribution in [0.3, 0.4) is 0 Å². The van der Waals surface area contributed by atoms with Crippen LogP contribution in [0.5, 0.6) is 0 Å². The summed E-state index contributed by atoms with van der Waals surface area (Å²) in [6.45, 7) is 1.89. The Hall–Kier alpha value is -1.43. The molecule has 0 unspecified atom stereocenters. The number of aryl methyl sites for hydroxylation is 1. The molecule has 2 heterocycles. The largest absolute Gasteiger partial charge is 0.481 e. The molecule has 1 fully saturated rings. The predicted octanol–water partition coefficient (Wildman–Crippen LogP) is 1.10. The highest BCUT2D eigenvalue weighted by molar-refractivity contribution is 7.11. The molecular formula is C10H12N2O3S. The molecule has 5 nitrogen and oxygen atoms in total. The van der Waals surface area contributed by atoms with Gasteiger partial charge in [-0.05, 0) is 6.92 Å². The molecule has 86 valence electrons. The van der Waals surface area contributed by atoms with Crippen molar-refractivity contribution in [2.75, 3.05) is 0 Å². The zero-order valence-corrected chi connectivity index (χ0v) is 9.58. The minimum Gasteiger partial charge on any atom is -0.481 e. The van der Waals surface area contributed by atoms with Gasteiger partial charge < -0.3 is 10.4 Å². The number of carboxylic acids is 1. The summed E-state index contributed by atoms with van der Waals surface area (Å²) in [4.78, 5) is 27.1. The van der Waals surface area contributed by atoms with Gasteiger partial charge >= 0.3 is 5.97 Å². The normalized spacial score (nSPS) is 24.4. The van der Waals surface area contributed by atoms with Crippen molar-refractivity contribution in [2.24, 2.45) is 5.92 Å². The van der Waals surface area contributed by atoms with Crippen molar-refractivity contribution in [2.45, 2.75) is 25.8 Å². The molecule has 0 aliphatic carbocycles. The summed E-state index contributed by atoms with van der Waals surface area (Å²) >= 11 is 1.50. The van der Waals surface area contributed by atoms with Gasteiger partial charge in [0.25, 0.3) is 0 Å². The van der Waals surface area contributed by atoms with Crippen LogP contribution >= 0.6 is 11.3 Å². The van der Waals surface area contributed by atoms with E-state index in [1.807, 2.05) is 6.92 Å². The summed E-state index contributed by atoms with van der Waals surface area (Å²) < 4.78 is 0. The van der Waals surface area contributed by atoms with Crippen LogP contribution in [-0.2, 0) is 9.59 Å². The lowest BCUT2D eigenvalue weighted by Crippen LogP contribution is -2.20. The van der Waals surface area contributed by atoms with Crippen LogP contribution in [0.1, 0.15) is 28.8 Å². The number of aromatic nitrogens is 1. The van der Waals surface area contributed by atoms with Gasteiger partial charge in [0.1, 0.15) is 0 Å². The Bertz CT molecular complexity index is 429. The van der Waals surface area contributed by atoms with E-state index in [4.69, 9.17) is 5.11 Å². The zero-order valence-electron chi connectivity index (χ0n) is 8.77. The minimum absolute atomic E-state index is 0.0142. The van der Waals surface area contributed by atoms with E-state index in [1.165, 1.54) is 11.3 Å². The number of nitrogens with zero attached hydrogens (tertiary/aromatic N) is 1. The number of carboxylic acid groups (broad SMARTS) is 1. The molecule has 0 saturated carbocycles. The van der Waals surface area contributed by atoms with E-state index in [-0.39, 0.29) is 30.7 Å². The molecule has 1 saturated heterocycles. The Balaban J connectivity index is 2.18. The van der Waals surface area contributed by atoms with E-state index in [0.29, 0.717) is 0 Å². The van der Waals surface area contributed by atoms with Gasteiger partial charge in [-0.1, -0.05) is 0 Å². The second-order valence-electron chi connectivity index (χ2n) is 3.89. The summed E-state index contributed by atoms with van der Waals surface area (Å²) in [5, 5.41) is 12.5. The summed E-state index contributed by atoms with van der Waals surface area (Å²) in [5.41, 5.74) is 0. The quantitative estimate of drug-likeness (QED) is 0.829. The molecule has 1 aliphatic heterocycles. The molecule has 1 aliphatic rings. The first-order chi connectivity index (χ1) is 7.56. The third-order valence-corrected chi connectivity index (χ3v) is 3.61. The highest BCUT2D eigenvalue weighted by atomic mass is 32.1. The first kappa shape index (κ1) is 11.1. The third kappa shape index (κ3) is 2.21. The van der Waals surface area contributed by atoms with Gasteiger partial charge in [-0.2, -0.15) is 0 Å². The maximum atomic E-state index is 11.3. The molecule has 0 spiro atoms. The predicted molar refractivity (Wildman–Crippen MR) is 58.1 cm³/mol. The minimum atomic E-state index is -0.868. The van der Waals surface area contributed by atoms with Crippen LogP contribution in [0.15, 0.2) is 6.20 Å². The molecule has 0 aromatic carbocycles. The highest BCUT2D eigenvalue weighted by Gasteiger charge is 2.35. The number of aliphatic carboxylic acids is 1. The van der Waals surface area contributed by atoms with Crippen molar-refractivity contribution in [3.8, 4) is 0 Å². The van der Waals surface area contributed by atoms with Gasteiger partial charge in [0, 0.05) is 23.4 Å². The number of thiazole rings is 1. The average Bonchev–Trinajstić information content (AvgIpc) is 2.72. The Labute approximate surface area is 96.5 Å². The molecule has 2 N–H and O–H groups in total. The maximum absolute atomic E-state index is 11.3. The molecule has 1 aromatic rings. The number of carbonyl (C=O) groups is 2. The SMILES string of the molecule is Cc1ncc([C@H]2NC(=O)C[C@@H]2CC(=O)O)s1. The highest BCUT2D eigenvalue weighted by Crippen LogP contribution is 2.35. The number of carbonyl (C=O) groups excluding carboxylic acids is 1. The summed E-state index contributed by atoms with van der Waals surface area (Å²) in [5.74, 6) is -1.11. The van der Waals surface area contributed by atoms with Crippen LogP contribution in [-0.4, -0.2) is 22.0 Å². The maximum Gasteiger partial charge on any atom is 0.303 e. The molecule has 6 heteroatoms. The Kier molecular flexibility index (Phi) is 2.91. The van der Waals surface area contributed by atoms with Gasteiger partial charge in [0.2, 0.25) is 5.91 Å². The number of amides is 1. The van der Waals surface area contributed by atoms with E-state index >= 15 is 0 Å². The summed E-state index contributed by atoms with van der Waals surface area (Å²) in [6.07, 6.45) is 2.01.